The number of nitrogens with zero attached hydrogens (tertiary/aromatic N) is 1. The van der Waals surface area contributed by atoms with Crippen molar-refractivity contribution in [2.75, 3.05) is 32.1 Å². The number of amides is 2. The van der Waals surface area contributed by atoms with Gasteiger partial charge in [0.25, 0.3) is 0 Å². The SMILES string of the molecule is COC(=O)N[C@H](C(=O)Nc1cccnc1CC[C@@H]1CNCCO1)C(c1ccccc1)c1ccccc1. The smallest absolute Gasteiger partial charge is 0.407 e. The van der Waals surface area contributed by atoms with Gasteiger partial charge >= 0.3 is 6.09 Å². The molecule has 8 nitrogen and oxygen atoms in total. The molecule has 1 fully saturated rings. The van der Waals surface area contributed by atoms with Crippen molar-refractivity contribution in [3.05, 3.63) is 95.8 Å². The number of hydrogen-bond acceptors (Lipinski definition) is 6. The molecule has 0 unspecified atom stereocenters. The predicted molar refractivity (Wildman–Crippen MR) is 138 cm³/mol. The van der Waals surface area contributed by atoms with E-state index in [1.807, 2.05) is 66.7 Å². The molecule has 36 heavy (non-hydrogen) atoms. The van der Waals surface area contributed by atoms with Crippen LogP contribution in [0.25, 0.3) is 0 Å². The molecule has 8 heteroatoms. The van der Waals surface area contributed by atoms with Crippen molar-refractivity contribution in [3.8, 4) is 0 Å². The van der Waals surface area contributed by atoms with E-state index in [-0.39, 0.29) is 12.0 Å². The molecule has 0 spiro atoms. The van der Waals surface area contributed by atoms with Crippen molar-refractivity contribution in [1.29, 1.82) is 0 Å². The van der Waals surface area contributed by atoms with E-state index in [2.05, 4.69) is 20.9 Å². The molecular weight excluding hydrogens is 456 g/mol. The zero-order valence-corrected chi connectivity index (χ0v) is 20.4. The highest BCUT2D eigenvalue weighted by Gasteiger charge is 2.33. The number of carbonyl (C=O) groups is 2. The molecule has 2 amide bonds. The summed E-state index contributed by atoms with van der Waals surface area (Å²) in [5.41, 5.74) is 3.18. The van der Waals surface area contributed by atoms with Crippen molar-refractivity contribution in [2.24, 2.45) is 0 Å². The second-order valence-electron chi connectivity index (χ2n) is 8.64. The van der Waals surface area contributed by atoms with Gasteiger partial charge in [-0.1, -0.05) is 60.7 Å². The van der Waals surface area contributed by atoms with Gasteiger partial charge in [0, 0.05) is 25.2 Å². The lowest BCUT2D eigenvalue weighted by Gasteiger charge is -2.28. The number of morpholine rings is 1. The lowest BCUT2D eigenvalue weighted by molar-refractivity contribution is -0.118. The number of methoxy groups -OCH3 is 1. The van der Waals surface area contributed by atoms with Crippen LogP contribution in [0.1, 0.15) is 29.2 Å². The Bertz CT molecular complexity index is 1080. The minimum absolute atomic E-state index is 0.110. The van der Waals surface area contributed by atoms with Crippen LogP contribution in [0.4, 0.5) is 10.5 Å². The number of hydrogen-bond donors (Lipinski definition) is 3. The van der Waals surface area contributed by atoms with E-state index in [1.165, 1.54) is 7.11 Å². The second kappa shape index (κ2) is 12.8. The van der Waals surface area contributed by atoms with Gasteiger partial charge in [0.2, 0.25) is 5.91 Å². The molecule has 4 rings (SSSR count). The summed E-state index contributed by atoms with van der Waals surface area (Å²) in [6, 6.07) is 22.0. The van der Waals surface area contributed by atoms with Gasteiger partial charge < -0.3 is 25.4 Å². The van der Waals surface area contributed by atoms with Gasteiger partial charge in [0.1, 0.15) is 6.04 Å². The predicted octanol–water partition coefficient (Wildman–Crippen LogP) is 3.50. The first-order valence-corrected chi connectivity index (χ1v) is 12.2. The molecule has 3 N–H and O–H groups in total. The first kappa shape index (κ1) is 25.3. The molecule has 2 aromatic carbocycles. The number of carbonyl (C=O) groups excluding carboxylic acids is 2. The second-order valence-corrected chi connectivity index (χ2v) is 8.64. The Morgan fingerprint density at radius 2 is 1.75 bits per heavy atom. The topological polar surface area (TPSA) is 102 Å². The minimum Gasteiger partial charge on any atom is -0.453 e. The molecule has 0 bridgehead atoms. The molecule has 1 aromatic heterocycles. The van der Waals surface area contributed by atoms with E-state index in [9.17, 15) is 9.59 Å². The summed E-state index contributed by atoms with van der Waals surface area (Å²) in [5.74, 6) is -0.795. The van der Waals surface area contributed by atoms with Crippen molar-refractivity contribution in [1.82, 2.24) is 15.6 Å². The van der Waals surface area contributed by atoms with Crippen LogP contribution >= 0.6 is 0 Å². The quantitative estimate of drug-likeness (QED) is 0.426. The molecule has 1 saturated heterocycles. The standard InChI is InChI=1S/C28H32N4O4/c1-35-28(34)32-26(25(20-9-4-2-5-10-20)21-11-6-3-7-12-21)27(33)31-24-13-8-16-30-23(24)15-14-22-19-29-17-18-36-22/h2-13,16,22,25-26,29H,14-15,17-19H2,1H3,(H,31,33)(H,32,34)/t22-,26+/m1/s1. The number of nitrogens with one attached hydrogen (secondary N) is 3. The summed E-state index contributed by atoms with van der Waals surface area (Å²) in [5, 5.41) is 9.12. The van der Waals surface area contributed by atoms with Crippen LogP contribution in [-0.4, -0.2) is 55.9 Å². The average molecular weight is 489 g/mol. The summed E-state index contributed by atoms with van der Waals surface area (Å²) >= 11 is 0. The number of rotatable bonds is 9. The third-order valence-electron chi connectivity index (χ3n) is 6.25. The maximum absolute atomic E-state index is 13.8. The van der Waals surface area contributed by atoms with Crippen LogP contribution in [0.2, 0.25) is 0 Å². The fourth-order valence-corrected chi connectivity index (χ4v) is 4.45. The van der Waals surface area contributed by atoms with Gasteiger partial charge in [-0.15, -0.1) is 0 Å². The fraction of sp³-hybridized carbons (Fsp3) is 0.321. The van der Waals surface area contributed by atoms with Crippen molar-refractivity contribution in [2.45, 2.75) is 30.9 Å². The summed E-state index contributed by atoms with van der Waals surface area (Å²) in [6.45, 7) is 2.35. The Balaban J connectivity index is 1.60. The maximum Gasteiger partial charge on any atom is 0.407 e. The summed E-state index contributed by atoms with van der Waals surface area (Å²) in [4.78, 5) is 30.6. The highest BCUT2D eigenvalue weighted by atomic mass is 16.5. The Morgan fingerprint density at radius 1 is 1.06 bits per heavy atom. The van der Waals surface area contributed by atoms with Crippen molar-refractivity contribution in [3.63, 3.8) is 0 Å². The Hall–Kier alpha value is -3.75. The highest BCUT2D eigenvalue weighted by Crippen LogP contribution is 2.29. The largest absolute Gasteiger partial charge is 0.453 e. The van der Waals surface area contributed by atoms with Gasteiger partial charge in [-0.05, 0) is 36.1 Å². The van der Waals surface area contributed by atoms with Gasteiger partial charge in [-0.2, -0.15) is 0 Å². The van der Waals surface area contributed by atoms with E-state index in [1.54, 1.807) is 12.3 Å². The molecular formula is C28H32N4O4. The van der Waals surface area contributed by atoms with Crippen LogP contribution in [0.15, 0.2) is 79.0 Å². The number of ether oxygens (including phenoxy) is 2. The Labute approximate surface area is 211 Å². The third-order valence-corrected chi connectivity index (χ3v) is 6.25. The third kappa shape index (κ3) is 6.68. The minimum atomic E-state index is -0.929. The lowest BCUT2D eigenvalue weighted by Crippen LogP contribution is -2.48. The van der Waals surface area contributed by atoms with Crippen LogP contribution < -0.4 is 16.0 Å². The summed E-state index contributed by atoms with van der Waals surface area (Å²) in [7, 11) is 1.28. The van der Waals surface area contributed by atoms with Crippen molar-refractivity contribution >= 4 is 17.7 Å². The van der Waals surface area contributed by atoms with Crippen LogP contribution in [0, 0.1) is 0 Å². The Morgan fingerprint density at radius 3 is 2.36 bits per heavy atom. The number of aryl methyl sites for hydroxylation is 1. The van der Waals surface area contributed by atoms with Crippen LogP contribution in [-0.2, 0) is 20.7 Å². The van der Waals surface area contributed by atoms with Crippen LogP contribution in [0.3, 0.4) is 0 Å². The molecule has 0 saturated carbocycles. The van der Waals surface area contributed by atoms with E-state index < -0.39 is 18.1 Å². The van der Waals surface area contributed by atoms with E-state index >= 15 is 0 Å². The lowest BCUT2D eigenvalue weighted by atomic mass is 9.84. The van der Waals surface area contributed by atoms with Gasteiger partial charge in [0.15, 0.2) is 0 Å². The van der Waals surface area contributed by atoms with Crippen molar-refractivity contribution < 1.29 is 19.1 Å². The number of pyridine rings is 1. The molecule has 1 aliphatic rings. The van der Waals surface area contributed by atoms with E-state index in [0.717, 1.165) is 36.3 Å². The molecule has 0 radical (unpaired) electrons. The molecule has 188 valence electrons. The van der Waals surface area contributed by atoms with Gasteiger partial charge in [-0.3, -0.25) is 9.78 Å². The Kier molecular flexibility index (Phi) is 9.02. The molecule has 1 aliphatic heterocycles. The average Bonchev–Trinajstić information content (AvgIpc) is 2.94. The first-order valence-electron chi connectivity index (χ1n) is 12.2. The van der Waals surface area contributed by atoms with Gasteiger partial charge in [-0.25, -0.2) is 4.79 Å². The summed E-state index contributed by atoms with van der Waals surface area (Å²) < 4.78 is 10.7. The van der Waals surface area contributed by atoms with E-state index in [4.69, 9.17) is 9.47 Å². The van der Waals surface area contributed by atoms with E-state index in [0.29, 0.717) is 18.7 Å². The highest BCUT2D eigenvalue weighted by molar-refractivity contribution is 5.98. The zero-order valence-electron chi connectivity index (χ0n) is 20.4. The number of anilines is 1. The van der Waals surface area contributed by atoms with Crippen LogP contribution in [0.5, 0.6) is 0 Å². The maximum atomic E-state index is 13.8. The number of aromatic nitrogens is 1. The fourth-order valence-electron chi connectivity index (χ4n) is 4.45. The monoisotopic (exact) mass is 488 g/mol. The first-order chi connectivity index (χ1) is 17.7. The summed E-state index contributed by atoms with van der Waals surface area (Å²) in [6.07, 6.45) is 2.58. The number of alkyl carbamates (subject to hydrolysis) is 1. The molecule has 2 heterocycles. The normalized spacial score (nSPS) is 16.2. The zero-order chi connectivity index (χ0) is 25.2. The molecule has 2 atom stereocenters. The number of benzene rings is 2. The molecule has 0 aliphatic carbocycles. The molecule has 3 aromatic rings. The van der Waals surface area contributed by atoms with Gasteiger partial charge in [0.05, 0.1) is 31.2 Å².